The number of pyridine rings is 1. The third kappa shape index (κ3) is 6.35. The lowest BCUT2D eigenvalue weighted by Gasteiger charge is -2.15. The summed E-state index contributed by atoms with van der Waals surface area (Å²) in [6, 6.07) is 21.4. The van der Waals surface area contributed by atoms with Gasteiger partial charge in [0.05, 0.1) is 12.4 Å². The first-order valence-electron chi connectivity index (χ1n) is 10.8. The van der Waals surface area contributed by atoms with Crippen molar-refractivity contribution in [1.29, 1.82) is 0 Å². The molecule has 166 valence electrons. The first-order chi connectivity index (χ1) is 15.4. The Balaban J connectivity index is 1.67. The second-order valence-corrected chi connectivity index (χ2v) is 7.89. The quantitative estimate of drug-likeness (QED) is 0.430. The largest absolute Gasteiger partial charge is 0.386 e. The summed E-state index contributed by atoms with van der Waals surface area (Å²) in [5.74, 6) is 0.0758. The Bertz CT molecular complexity index is 1120. The monoisotopic (exact) mass is 430 g/mol. The van der Waals surface area contributed by atoms with E-state index in [0.717, 1.165) is 29.5 Å². The average molecular weight is 431 g/mol. The van der Waals surface area contributed by atoms with E-state index in [0.29, 0.717) is 18.9 Å². The van der Waals surface area contributed by atoms with Crippen molar-refractivity contribution in [2.24, 2.45) is 5.73 Å². The minimum Gasteiger partial charge on any atom is -0.386 e. The smallest absolute Gasteiger partial charge is 0.263 e. The van der Waals surface area contributed by atoms with Crippen LogP contribution in [0.25, 0.3) is 11.1 Å². The minimum absolute atomic E-state index is 0.0639. The Morgan fingerprint density at radius 3 is 2.56 bits per heavy atom. The van der Waals surface area contributed by atoms with Crippen LogP contribution in [0.1, 0.15) is 35.7 Å². The summed E-state index contributed by atoms with van der Waals surface area (Å²) in [5, 5.41) is 5.87. The zero-order valence-electron chi connectivity index (χ0n) is 18.4. The van der Waals surface area contributed by atoms with Gasteiger partial charge in [-0.25, -0.2) is 0 Å². The van der Waals surface area contributed by atoms with Gasteiger partial charge in [-0.2, -0.15) is 0 Å². The van der Waals surface area contributed by atoms with Gasteiger partial charge in [-0.15, -0.1) is 0 Å². The molecule has 1 aromatic heterocycles. The molecule has 2 aromatic carbocycles. The Morgan fingerprint density at radius 1 is 1.06 bits per heavy atom. The lowest BCUT2D eigenvalue weighted by atomic mass is 10.0. The van der Waals surface area contributed by atoms with Crippen molar-refractivity contribution in [1.82, 2.24) is 15.2 Å². The van der Waals surface area contributed by atoms with Crippen LogP contribution < -0.4 is 21.9 Å². The number of benzene rings is 2. The highest BCUT2D eigenvalue weighted by molar-refractivity contribution is 5.93. The third-order valence-corrected chi connectivity index (χ3v) is 5.20. The highest BCUT2D eigenvalue weighted by Gasteiger charge is 2.15. The number of carbonyl (C=O) groups excluding carboxylic acids is 1. The lowest BCUT2D eigenvalue weighted by molar-refractivity contribution is 0.0936. The fraction of sp³-hybridized carbons (Fsp3) is 0.231. The summed E-state index contributed by atoms with van der Waals surface area (Å²) in [6.07, 6.45) is 3.30. The molecule has 0 aliphatic rings. The van der Waals surface area contributed by atoms with Gasteiger partial charge >= 0.3 is 0 Å². The minimum atomic E-state index is -0.355. The number of carbonyl (C=O) groups is 1. The number of hydrogen-bond donors (Lipinski definition) is 3. The lowest BCUT2D eigenvalue weighted by Crippen LogP contribution is -2.37. The average Bonchev–Trinajstić information content (AvgIpc) is 2.79. The zero-order chi connectivity index (χ0) is 22.9. The van der Waals surface area contributed by atoms with Crippen LogP contribution in [0.15, 0.2) is 90.1 Å². The molecule has 0 radical (unpaired) electrons. The van der Waals surface area contributed by atoms with Crippen LogP contribution in [-0.2, 0) is 6.54 Å². The number of amides is 1. The Hall–Kier alpha value is -3.80. The van der Waals surface area contributed by atoms with Crippen LogP contribution >= 0.6 is 0 Å². The predicted molar refractivity (Wildman–Crippen MR) is 129 cm³/mol. The van der Waals surface area contributed by atoms with E-state index in [9.17, 15) is 9.59 Å². The van der Waals surface area contributed by atoms with Crippen molar-refractivity contribution >= 4 is 5.91 Å². The molecule has 1 amide bonds. The summed E-state index contributed by atoms with van der Waals surface area (Å²) in [4.78, 5) is 25.6. The van der Waals surface area contributed by atoms with Gasteiger partial charge in [-0.3, -0.25) is 9.59 Å². The molecule has 0 aliphatic heterocycles. The first-order valence-corrected chi connectivity index (χ1v) is 10.8. The highest BCUT2D eigenvalue weighted by atomic mass is 16.2. The van der Waals surface area contributed by atoms with Crippen LogP contribution in [-0.4, -0.2) is 23.1 Å². The van der Waals surface area contributed by atoms with E-state index in [1.54, 1.807) is 22.9 Å². The molecule has 3 rings (SSSR count). The summed E-state index contributed by atoms with van der Waals surface area (Å²) in [6.45, 7) is 6.59. The number of nitrogens with zero attached hydrogens (tertiary/aromatic N) is 1. The molecule has 3 aromatic rings. The summed E-state index contributed by atoms with van der Waals surface area (Å²) in [5.41, 5.74) is 8.52. The van der Waals surface area contributed by atoms with Gasteiger partial charge in [-0.05, 0) is 54.7 Å². The SMILES string of the molecule is C=C(N)NCCCC(C)NC(=O)c1cccn(Cc2cccc(-c3ccccc3)c2)c1=O. The molecule has 1 heterocycles. The van der Waals surface area contributed by atoms with Gasteiger partial charge in [0.25, 0.3) is 11.5 Å². The van der Waals surface area contributed by atoms with E-state index < -0.39 is 0 Å². The summed E-state index contributed by atoms with van der Waals surface area (Å²) in [7, 11) is 0. The molecule has 1 atom stereocenters. The van der Waals surface area contributed by atoms with Gasteiger partial charge in [0.15, 0.2) is 0 Å². The standard InChI is InChI=1S/C26H30N4O2/c1-19(9-7-15-28-20(2)27)29-25(31)24-14-8-16-30(26(24)32)18-21-10-6-13-23(17-21)22-11-4-3-5-12-22/h3-6,8,10-14,16-17,19,28H,2,7,9,15,18,27H2,1H3,(H,29,31). The van der Waals surface area contributed by atoms with Crippen molar-refractivity contribution < 1.29 is 4.79 Å². The maximum absolute atomic E-state index is 13.0. The number of nitrogens with two attached hydrogens (primary N) is 1. The van der Waals surface area contributed by atoms with Crippen LogP contribution in [0.4, 0.5) is 0 Å². The van der Waals surface area contributed by atoms with E-state index in [1.165, 1.54) is 0 Å². The summed E-state index contributed by atoms with van der Waals surface area (Å²) >= 11 is 0. The zero-order valence-corrected chi connectivity index (χ0v) is 18.4. The Morgan fingerprint density at radius 2 is 1.81 bits per heavy atom. The molecule has 6 nitrogen and oxygen atoms in total. The van der Waals surface area contributed by atoms with E-state index in [2.05, 4.69) is 35.4 Å². The van der Waals surface area contributed by atoms with Gasteiger partial charge < -0.3 is 20.9 Å². The fourth-order valence-corrected chi connectivity index (χ4v) is 3.54. The first kappa shape index (κ1) is 22.9. The fourth-order valence-electron chi connectivity index (χ4n) is 3.54. The molecule has 4 N–H and O–H groups in total. The molecule has 0 aliphatic carbocycles. The van der Waals surface area contributed by atoms with Gasteiger partial charge in [0.1, 0.15) is 5.56 Å². The molecule has 0 bridgehead atoms. The molecular weight excluding hydrogens is 400 g/mol. The second kappa shape index (κ2) is 11.0. The Labute approximate surface area is 188 Å². The molecule has 0 saturated heterocycles. The van der Waals surface area contributed by atoms with Crippen molar-refractivity contribution in [2.75, 3.05) is 6.54 Å². The van der Waals surface area contributed by atoms with E-state index in [1.807, 2.05) is 43.3 Å². The Kier molecular flexibility index (Phi) is 7.86. The van der Waals surface area contributed by atoms with Crippen molar-refractivity contribution in [3.05, 3.63) is 107 Å². The maximum atomic E-state index is 13.0. The predicted octanol–water partition coefficient (Wildman–Crippen LogP) is 3.48. The highest BCUT2D eigenvalue weighted by Crippen LogP contribution is 2.20. The normalized spacial score (nSPS) is 11.5. The topological polar surface area (TPSA) is 89.2 Å². The van der Waals surface area contributed by atoms with Crippen LogP contribution in [0.3, 0.4) is 0 Å². The van der Waals surface area contributed by atoms with Crippen LogP contribution in [0.2, 0.25) is 0 Å². The van der Waals surface area contributed by atoms with Crippen LogP contribution in [0, 0.1) is 0 Å². The molecule has 6 heteroatoms. The number of rotatable bonds is 10. The molecular formula is C26H30N4O2. The maximum Gasteiger partial charge on any atom is 0.263 e. The van der Waals surface area contributed by atoms with Crippen molar-refractivity contribution in [3.8, 4) is 11.1 Å². The number of hydrogen-bond acceptors (Lipinski definition) is 4. The molecule has 0 fully saturated rings. The van der Waals surface area contributed by atoms with E-state index in [-0.39, 0.29) is 23.1 Å². The van der Waals surface area contributed by atoms with Gasteiger partial charge in [-0.1, -0.05) is 55.1 Å². The second-order valence-electron chi connectivity index (χ2n) is 7.89. The number of aromatic nitrogens is 1. The molecule has 1 unspecified atom stereocenters. The van der Waals surface area contributed by atoms with E-state index in [4.69, 9.17) is 5.73 Å². The van der Waals surface area contributed by atoms with Gasteiger partial charge in [0, 0.05) is 18.8 Å². The van der Waals surface area contributed by atoms with Crippen LogP contribution in [0.5, 0.6) is 0 Å². The van der Waals surface area contributed by atoms with Gasteiger partial charge in [0.2, 0.25) is 0 Å². The molecule has 0 spiro atoms. The van der Waals surface area contributed by atoms with Crippen molar-refractivity contribution in [3.63, 3.8) is 0 Å². The molecule has 0 saturated carbocycles. The van der Waals surface area contributed by atoms with E-state index >= 15 is 0 Å². The number of nitrogens with one attached hydrogen (secondary N) is 2. The summed E-state index contributed by atoms with van der Waals surface area (Å²) < 4.78 is 1.57. The molecule has 32 heavy (non-hydrogen) atoms. The van der Waals surface area contributed by atoms with Crippen molar-refractivity contribution in [2.45, 2.75) is 32.4 Å². The third-order valence-electron chi connectivity index (χ3n) is 5.20.